The number of aromatic nitrogens is 1. The summed E-state index contributed by atoms with van der Waals surface area (Å²) in [5.41, 5.74) is 8.18. The van der Waals surface area contributed by atoms with Crippen LogP contribution in [0.3, 0.4) is 0 Å². The van der Waals surface area contributed by atoms with Gasteiger partial charge in [-0.15, -0.1) is 11.3 Å². The largest absolute Gasteiger partial charge is 0.506 e. The molecule has 0 unspecified atom stereocenters. The molecule has 0 radical (unpaired) electrons. The molecule has 0 bridgehead atoms. The van der Waals surface area contributed by atoms with E-state index in [1.807, 2.05) is 25.3 Å². The van der Waals surface area contributed by atoms with Crippen molar-refractivity contribution in [2.45, 2.75) is 20.8 Å². The van der Waals surface area contributed by atoms with E-state index in [2.05, 4.69) is 4.98 Å². The van der Waals surface area contributed by atoms with E-state index in [4.69, 9.17) is 5.73 Å². The minimum atomic E-state index is -0.659. The van der Waals surface area contributed by atoms with Gasteiger partial charge in [-0.3, -0.25) is 9.78 Å². The second-order valence-electron chi connectivity index (χ2n) is 4.18. The van der Waals surface area contributed by atoms with Gasteiger partial charge in [0.05, 0.1) is 11.3 Å². The van der Waals surface area contributed by atoms with Crippen molar-refractivity contribution < 1.29 is 9.90 Å². The zero-order chi connectivity index (χ0) is 13.4. The van der Waals surface area contributed by atoms with Gasteiger partial charge >= 0.3 is 0 Å². The minimum absolute atomic E-state index is 0.0712. The number of aromatic hydroxyl groups is 1. The van der Waals surface area contributed by atoms with Crippen molar-refractivity contribution in [3.05, 3.63) is 34.0 Å². The summed E-state index contributed by atoms with van der Waals surface area (Å²) in [6.45, 7) is 5.43. The number of carbonyl (C=O) groups excluding carboxylic acids is 1. The number of rotatable bonds is 2. The molecule has 0 fully saturated rings. The molecule has 2 heterocycles. The van der Waals surface area contributed by atoms with Gasteiger partial charge in [-0.1, -0.05) is 0 Å². The Bertz CT molecular complexity index is 632. The van der Waals surface area contributed by atoms with Crippen LogP contribution in [0, 0.1) is 20.8 Å². The van der Waals surface area contributed by atoms with Crippen LogP contribution in [0.5, 0.6) is 5.75 Å². The SMILES string of the molecule is Cc1ccsc1-c1c(C)nc(C)c(C(N)=O)c1O. The standard InChI is InChI=1S/C13H14N2O2S/c1-6-4-5-18-12(6)9-7(2)15-8(3)10(11(9)16)13(14)17/h4-5H,1-3H3,(H2,14,17)(H,15,16). The highest BCUT2D eigenvalue weighted by molar-refractivity contribution is 7.13. The van der Waals surface area contributed by atoms with Crippen LogP contribution in [-0.4, -0.2) is 16.0 Å². The van der Waals surface area contributed by atoms with Gasteiger partial charge in [-0.25, -0.2) is 0 Å². The third-order valence-electron chi connectivity index (χ3n) is 2.87. The zero-order valence-electron chi connectivity index (χ0n) is 10.4. The van der Waals surface area contributed by atoms with Gasteiger partial charge in [-0.2, -0.15) is 0 Å². The lowest BCUT2D eigenvalue weighted by molar-refractivity contribution is 0.0997. The molecule has 4 nitrogen and oxygen atoms in total. The van der Waals surface area contributed by atoms with E-state index in [0.717, 1.165) is 10.4 Å². The number of primary amides is 1. The topological polar surface area (TPSA) is 76.2 Å². The minimum Gasteiger partial charge on any atom is -0.506 e. The summed E-state index contributed by atoms with van der Waals surface area (Å²) in [5, 5.41) is 12.2. The molecule has 0 aromatic carbocycles. The maximum atomic E-state index is 11.4. The highest BCUT2D eigenvalue weighted by Crippen LogP contribution is 2.39. The van der Waals surface area contributed by atoms with Gasteiger partial charge in [0, 0.05) is 10.6 Å². The molecule has 0 aliphatic carbocycles. The Morgan fingerprint density at radius 1 is 1.33 bits per heavy atom. The van der Waals surface area contributed by atoms with Gasteiger partial charge < -0.3 is 10.8 Å². The number of thiophene rings is 1. The Hall–Kier alpha value is -1.88. The molecule has 0 atom stereocenters. The molecule has 2 aromatic heterocycles. The lowest BCUT2D eigenvalue weighted by Crippen LogP contribution is -2.15. The van der Waals surface area contributed by atoms with Crippen LogP contribution in [0.25, 0.3) is 10.4 Å². The maximum absolute atomic E-state index is 11.4. The first-order valence-corrected chi connectivity index (χ1v) is 6.36. The smallest absolute Gasteiger partial charge is 0.254 e. The van der Waals surface area contributed by atoms with Crippen molar-refractivity contribution in [1.29, 1.82) is 0 Å². The summed E-state index contributed by atoms with van der Waals surface area (Å²) >= 11 is 1.51. The second kappa shape index (κ2) is 4.42. The fourth-order valence-corrected chi connectivity index (χ4v) is 3.05. The Balaban J connectivity index is 2.80. The van der Waals surface area contributed by atoms with Crippen LogP contribution < -0.4 is 5.73 Å². The molecule has 3 N–H and O–H groups in total. The molecule has 0 aliphatic heterocycles. The van der Waals surface area contributed by atoms with E-state index in [1.54, 1.807) is 6.92 Å². The van der Waals surface area contributed by atoms with E-state index < -0.39 is 5.91 Å². The van der Waals surface area contributed by atoms with Crippen LogP contribution in [0.15, 0.2) is 11.4 Å². The van der Waals surface area contributed by atoms with Crippen LogP contribution in [-0.2, 0) is 0 Å². The Labute approximate surface area is 109 Å². The number of amides is 1. The molecule has 0 saturated carbocycles. The Morgan fingerprint density at radius 3 is 2.50 bits per heavy atom. The molecule has 18 heavy (non-hydrogen) atoms. The number of aryl methyl sites for hydroxylation is 3. The van der Waals surface area contributed by atoms with Gasteiger partial charge in [0.2, 0.25) is 0 Å². The van der Waals surface area contributed by atoms with Gasteiger partial charge in [0.25, 0.3) is 5.91 Å². The van der Waals surface area contributed by atoms with E-state index in [-0.39, 0.29) is 11.3 Å². The molecular weight excluding hydrogens is 248 g/mol. The predicted octanol–water partition coefficient (Wildman–Crippen LogP) is 2.54. The van der Waals surface area contributed by atoms with Crippen molar-refractivity contribution >= 4 is 17.2 Å². The fraction of sp³-hybridized carbons (Fsp3) is 0.231. The van der Waals surface area contributed by atoms with Crippen LogP contribution in [0.1, 0.15) is 27.3 Å². The van der Waals surface area contributed by atoms with Gasteiger partial charge in [-0.05, 0) is 37.8 Å². The summed E-state index contributed by atoms with van der Waals surface area (Å²) in [6, 6.07) is 1.96. The molecule has 0 saturated heterocycles. The number of nitrogens with two attached hydrogens (primary N) is 1. The maximum Gasteiger partial charge on any atom is 0.254 e. The van der Waals surface area contributed by atoms with Crippen molar-refractivity contribution in [1.82, 2.24) is 4.98 Å². The quantitative estimate of drug-likeness (QED) is 0.873. The summed E-state index contributed by atoms with van der Waals surface area (Å²) in [7, 11) is 0. The van der Waals surface area contributed by atoms with Crippen molar-refractivity contribution in [2.75, 3.05) is 0 Å². The zero-order valence-corrected chi connectivity index (χ0v) is 11.3. The van der Waals surface area contributed by atoms with Gasteiger partial charge in [0.1, 0.15) is 11.3 Å². The molecule has 0 aliphatic rings. The fourth-order valence-electron chi connectivity index (χ4n) is 2.03. The third-order valence-corrected chi connectivity index (χ3v) is 3.90. The highest BCUT2D eigenvalue weighted by Gasteiger charge is 2.21. The molecule has 94 valence electrons. The molecule has 2 aromatic rings. The normalized spacial score (nSPS) is 10.6. The first-order chi connectivity index (χ1) is 8.43. The lowest BCUT2D eigenvalue weighted by Gasteiger charge is -2.12. The first-order valence-electron chi connectivity index (χ1n) is 5.48. The van der Waals surface area contributed by atoms with Gasteiger partial charge in [0.15, 0.2) is 0 Å². The third kappa shape index (κ3) is 1.86. The van der Waals surface area contributed by atoms with E-state index in [9.17, 15) is 9.90 Å². The highest BCUT2D eigenvalue weighted by atomic mass is 32.1. The van der Waals surface area contributed by atoms with E-state index in [1.165, 1.54) is 11.3 Å². The molecule has 2 rings (SSSR count). The molecule has 1 amide bonds. The number of hydrogen-bond donors (Lipinski definition) is 2. The number of hydrogen-bond acceptors (Lipinski definition) is 4. The Kier molecular flexibility index (Phi) is 3.09. The van der Waals surface area contributed by atoms with Crippen molar-refractivity contribution in [2.24, 2.45) is 5.73 Å². The summed E-state index contributed by atoms with van der Waals surface area (Å²) < 4.78 is 0. The predicted molar refractivity (Wildman–Crippen MR) is 71.9 cm³/mol. The molecule has 5 heteroatoms. The van der Waals surface area contributed by atoms with Crippen LogP contribution in [0.2, 0.25) is 0 Å². The summed E-state index contributed by atoms with van der Waals surface area (Å²) in [4.78, 5) is 16.6. The first kappa shape index (κ1) is 12.6. The average Bonchev–Trinajstić information content (AvgIpc) is 2.63. The summed E-state index contributed by atoms with van der Waals surface area (Å²) in [5.74, 6) is -0.731. The number of carbonyl (C=O) groups is 1. The molecule has 0 spiro atoms. The van der Waals surface area contributed by atoms with Crippen LogP contribution in [0.4, 0.5) is 0 Å². The molecular formula is C13H14N2O2S. The lowest BCUT2D eigenvalue weighted by atomic mass is 10.0. The monoisotopic (exact) mass is 262 g/mol. The van der Waals surface area contributed by atoms with Crippen molar-refractivity contribution in [3.8, 4) is 16.2 Å². The van der Waals surface area contributed by atoms with E-state index in [0.29, 0.717) is 17.0 Å². The number of pyridine rings is 1. The average molecular weight is 262 g/mol. The second-order valence-corrected chi connectivity index (χ2v) is 5.09. The number of nitrogens with zero attached hydrogens (tertiary/aromatic N) is 1. The Morgan fingerprint density at radius 2 is 2.00 bits per heavy atom. The summed E-state index contributed by atoms with van der Waals surface area (Å²) in [6.07, 6.45) is 0. The van der Waals surface area contributed by atoms with Crippen LogP contribution >= 0.6 is 11.3 Å². The van der Waals surface area contributed by atoms with E-state index >= 15 is 0 Å². The van der Waals surface area contributed by atoms with Crippen molar-refractivity contribution in [3.63, 3.8) is 0 Å².